The Labute approximate surface area is 205 Å². The lowest BCUT2D eigenvalue weighted by molar-refractivity contribution is -0.160. The second-order valence-electron chi connectivity index (χ2n) is 8.25. The summed E-state index contributed by atoms with van der Waals surface area (Å²) in [7, 11) is 1.57. The van der Waals surface area contributed by atoms with Crippen LogP contribution in [0.25, 0.3) is 0 Å². The van der Waals surface area contributed by atoms with E-state index in [2.05, 4.69) is 12.2 Å². The van der Waals surface area contributed by atoms with Gasteiger partial charge in [-0.3, -0.25) is 14.4 Å². The van der Waals surface area contributed by atoms with Gasteiger partial charge in [0.1, 0.15) is 5.75 Å². The molecular formula is C26H31ClN2O5. The Kier molecular flexibility index (Phi) is 9.33. The number of ether oxygens (including phenoxy) is 2. The Morgan fingerprint density at radius 1 is 1.15 bits per heavy atom. The number of hydrogen-bond donors (Lipinski definition) is 1. The van der Waals surface area contributed by atoms with Crippen LogP contribution in [-0.4, -0.2) is 42.9 Å². The van der Waals surface area contributed by atoms with E-state index in [1.54, 1.807) is 18.1 Å². The number of benzene rings is 2. The van der Waals surface area contributed by atoms with Gasteiger partial charge in [-0.05, 0) is 30.5 Å². The molecule has 0 aliphatic carbocycles. The Morgan fingerprint density at radius 2 is 1.88 bits per heavy atom. The minimum atomic E-state index is -0.595. The third-order valence-electron chi connectivity index (χ3n) is 6.00. The molecule has 2 aromatic carbocycles. The first-order valence-corrected chi connectivity index (χ1v) is 11.9. The van der Waals surface area contributed by atoms with Gasteiger partial charge in [0.15, 0.2) is 6.61 Å². The minimum absolute atomic E-state index is 0.00545. The van der Waals surface area contributed by atoms with Crippen molar-refractivity contribution in [1.29, 1.82) is 0 Å². The molecule has 0 spiro atoms. The van der Waals surface area contributed by atoms with E-state index in [1.807, 2.05) is 42.5 Å². The molecule has 0 aromatic heterocycles. The topological polar surface area (TPSA) is 84.9 Å². The Hall–Kier alpha value is -3.06. The van der Waals surface area contributed by atoms with Gasteiger partial charge in [-0.1, -0.05) is 61.3 Å². The summed E-state index contributed by atoms with van der Waals surface area (Å²) in [5, 5.41) is 3.27. The molecule has 1 heterocycles. The van der Waals surface area contributed by atoms with E-state index >= 15 is 0 Å². The zero-order valence-electron chi connectivity index (χ0n) is 19.6. The maximum absolute atomic E-state index is 13.1. The van der Waals surface area contributed by atoms with Gasteiger partial charge in [0.2, 0.25) is 5.91 Å². The number of likely N-dealkylation sites (tertiary alicyclic amines) is 1. The Morgan fingerprint density at radius 3 is 2.62 bits per heavy atom. The maximum Gasteiger partial charge on any atom is 0.311 e. The van der Waals surface area contributed by atoms with Crippen molar-refractivity contribution in [1.82, 2.24) is 10.2 Å². The van der Waals surface area contributed by atoms with Crippen molar-refractivity contribution in [2.24, 2.45) is 5.92 Å². The molecule has 34 heavy (non-hydrogen) atoms. The molecule has 2 aromatic rings. The van der Waals surface area contributed by atoms with E-state index in [-0.39, 0.29) is 18.9 Å². The van der Waals surface area contributed by atoms with Crippen LogP contribution in [0.2, 0.25) is 5.02 Å². The first-order valence-electron chi connectivity index (χ1n) is 11.5. The van der Waals surface area contributed by atoms with Crippen molar-refractivity contribution in [3.63, 3.8) is 0 Å². The average Bonchev–Trinajstić information content (AvgIpc) is 2.85. The van der Waals surface area contributed by atoms with E-state index < -0.39 is 30.4 Å². The fraction of sp³-hybridized carbons (Fsp3) is 0.423. The summed E-state index contributed by atoms with van der Waals surface area (Å²) in [6.07, 6.45) is 2.35. The fourth-order valence-electron chi connectivity index (χ4n) is 4.22. The molecule has 2 unspecified atom stereocenters. The first kappa shape index (κ1) is 25.6. The molecule has 1 fully saturated rings. The minimum Gasteiger partial charge on any atom is -0.496 e. The number of carbonyl (C=O) groups excluding carboxylic acids is 3. The molecule has 1 aliphatic rings. The van der Waals surface area contributed by atoms with Crippen molar-refractivity contribution in [2.45, 2.75) is 45.2 Å². The zero-order chi connectivity index (χ0) is 24.5. The lowest BCUT2D eigenvalue weighted by Gasteiger charge is -2.40. The number of esters is 1. The molecule has 0 radical (unpaired) electrons. The molecule has 0 bridgehead atoms. The summed E-state index contributed by atoms with van der Waals surface area (Å²) in [6.45, 7) is 2.43. The van der Waals surface area contributed by atoms with Crippen molar-refractivity contribution >= 4 is 29.4 Å². The summed E-state index contributed by atoms with van der Waals surface area (Å²) >= 11 is 6.12. The first-order chi connectivity index (χ1) is 16.5. The highest BCUT2D eigenvalue weighted by molar-refractivity contribution is 6.31. The number of para-hydroxylation sites is 1. The summed E-state index contributed by atoms with van der Waals surface area (Å²) in [5.74, 6) is -0.901. The molecule has 3 rings (SSSR count). The van der Waals surface area contributed by atoms with E-state index in [9.17, 15) is 14.4 Å². The number of amides is 2. The Bertz CT molecular complexity index is 1010. The van der Waals surface area contributed by atoms with Crippen molar-refractivity contribution in [2.75, 3.05) is 20.3 Å². The van der Waals surface area contributed by atoms with Gasteiger partial charge in [-0.15, -0.1) is 0 Å². The van der Waals surface area contributed by atoms with Crippen molar-refractivity contribution in [3.8, 4) is 5.75 Å². The van der Waals surface area contributed by atoms with Crippen LogP contribution in [-0.2, 0) is 25.7 Å². The molecule has 8 heteroatoms. The number of nitrogens with one attached hydrogen (secondary N) is 1. The number of methoxy groups -OCH3 is 1. The van der Waals surface area contributed by atoms with Crippen molar-refractivity contribution in [3.05, 3.63) is 64.7 Å². The number of nitrogens with zero attached hydrogens (tertiary/aromatic N) is 1. The number of carbonyl (C=O) groups is 3. The second kappa shape index (κ2) is 12.4. The van der Waals surface area contributed by atoms with E-state index in [0.717, 1.165) is 24.0 Å². The number of halogens is 1. The van der Waals surface area contributed by atoms with Gasteiger partial charge in [-0.2, -0.15) is 0 Å². The predicted molar refractivity (Wildman–Crippen MR) is 129 cm³/mol. The zero-order valence-corrected chi connectivity index (χ0v) is 20.3. The molecule has 1 saturated heterocycles. The quantitative estimate of drug-likeness (QED) is 0.506. The number of unbranched alkanes of at least 4 members (excludes halogenated alkanes) is 1. The van der Waals surface area contributed by atoms with Crippen LogP contribution >= 0.6 is 11.6 Å². The van der Waals surface area contributed by atoms with Gasteiger partial charge in [0.05, 0.1) is 19.1 Å². The lowest BCUT2D eigenvalue weighted by Crippen LogP contribution is -2.46. The van der Waals surface area contributed by atoms with E-state index in [4.69, 9.17) is 21.1 Å². The summed E-state index contributed by atoms with van der Waals surface area (Å²) in [6, 6.07) is 14.1. The average molecular weight is 487 g/mol. The van der Waals surface area contributed by atoms with Crippen molar-refractivity contribution < 1.29 is 23.9 Å². The van der Waals surface area contributed by atoms with E-state index in [0.29, 0.717) is 23.7 Å². The Balaban J connectivity index is 1.71. The lowest BCUT2D eigenvalue weighted by atomic mass is 9.83. The summed E-state index contributed by atoms with van der Waals surface area (Å²) in [5.41, 5.74) is 1.54. The van der Waals surface area contributed by atoms with Crippen LogP contribution in [0.15, 0.2) is 48.5 Å². The molecule has 182 valence electrons. The normalized spacial score (nSPS) is 17.9. The summed E-state index contributed by atoms with van der Waals surface area (Å²) in [4.78, 5) is 40.0. The number of rotatable bonds is 10. The molecule has 0 saturated carbocycles. The monoisotopic (exact) mass is 486 g/mol. The molecule has 7 nitrogen and oxygen atoms in total. The SMILES string of the molecule is CCCCN1C(=O)CCC(C(=O)OCC(=O)NCc2ccccc2Cl)C1c1ccccc1OC. The van der Waals surface area contributed by atoms with Crippen LogP contribution < -0.4 is 10.1 Å². The maximum atomic E-state index is 13.1. The number of hydrogen-bond acceptors (Lipinski definition) is 5. The van der Waals surface area contributed by atoms with Gasteiger partial charge >= 0.3 is 5.97 Å². The van der Waals surface area contributed by atoms with Crippen LogP contribution in [0.5, 0.6) is 5.75 Å². The standard InChI is InChI=1S/C26H31ClN2O5/c1-3-4-15-29-24(31)14-13-20(25(29)19-10-6-8-12-22(19)33-2)26(32)34-17-23(30)28-16-18-9-5-7-11-21(18)27/h5-12,20,25H,3-4,13-17H2,1-2H3,(H,28,30). The van der Waals surface area contributed by atoms with Gasteiger partial charge < -0.3 is 19.7 Å². The van der Waals surface area contributed by atoms with Gasteiger partial charge in [-0.25, -0.2) is 0 Å². The molecule has 1 aliphatic heterocycles. The number of piperidine rings is 1. The van der Waals surface area contributed by atoms with Crippen LogP contribution in [0.1, 0.15) is 49.8 Å². The molecule has 2 amide bonds. The smallest absolute Gasteiger partial charge is 0.311 e. The van der Waals surface area contributed by atoms with Crippen LogP contribution in [0.3, 0.4) is 0 Å². The summed E-state index contributed by atoms with van der Waals surface area (Å²) < 4.78 is 10.9. The highest BCUT2D eigenvalue weighted by Gasteiger charge is 2.42. The molecule has 2 atom stereocenters. The second-order valence-corrected chi connectivity index (χ2v) is 8.66. The third kappa shape index (κ3) is 6.29. The van der Waals surface area contributed by atoms with Gasteiger partial charge in [0, 0.05) is 30.1 Å². The van der Waals surface area contributed by atoms with Gasteiger partial charge in [0.25, 0.3) is 5.91 Å². The highest BCUT2D eigenvalue weighted by Crippen LogP contribution is 2.41. The van der Waals surface area contributed by atoms with Crippen LogP contribution in [0, 0.1) is 5.92 Å². The predicted octanol–water partition coefficient (Wildman–Crippen LogP) is 4.29. The molecule has 1 N–H and O–H groups in total. The van der Waals surface area contributed by atoms with E-state index in [1.165, 1.54) is 0 Å². The highest BCUT2D eigenvalue weighted by atomic mass is 35.5. The largest absolute Gasteiger partial charge is 0.496 e. The third-order valence-corrected chi connectivity index (χ3v) is 6.37. The molecular weight excluding hydrogens is 456 g/mol. The fourth-order valence-corrected chi connectivity index (χ4v) is 4.42. The van der Waals surface area contributed by atoms with Crippen LogP contribution in [0.4, 0.5) is 0 Å².